The maximum absolute atomic E-state index is 11.9. The molecule has 3 N–H and O–H groups in total. The molecule has 0 radical (unpaired) electrons. The fourth-order valence-electron chi connectivity index (χ4n) is 2.27. The molecule has 22 heavy (non-hydrogen) atoms. The van der Waals surface area contributed by atoms with Gasteiger partial charge in [-0.25, -0.2) is 0 Å². The van der Waals surface area contributed by atoms with Crippen molar-refractivity contribution < 1.29 is 15.0 Å². The highest BCUT2D eigenvalue weighted by Gasteiger charge is 2.08. The minimum atomic E-state index is -0.0341. The number of benzene rings is 2. The van der Waals surface area contributed by atoms with Crippen molar-refractivity contribution in [2.45, 2.75) is 19.3 Å². The molecule has 4 heteroatoms. The number of carbonyl (C=O) groups is 1. The van der Waals surface area contributed by atoms with Crippen LogP contribution in [0.4, 0.5) is 0 Å². The van der Waals surface area contributed by atoms with E-state index in [2.05, 4.69) is 12.2 Å². The summed E-state index contributed by atoms with van der Waals surface area (Å²) >= 11 is 0. The first-order chi connectivity index (χ1) is 10.6. The number of phenols is 2. The van der Waals surface area contributed by atoms with E-state index in [0.717, 1.165) is 13.0 Å². The topological polar surface area (TPSA) is 69.6 Å². The van der Waals surface area contributed by atoms with Crippen LogP contribution in [0.5, 0.6) is 11.5 Å². The molecule has 0 aliphatic carbocycles. The van der Waals surface area contributed by atoms with Gasteiger partial charge < -0.3 is 15.5 Å². The molecule has 4 nitrogen and oxygen atoms in total. The summed E-state index contributed by atoms with van der Waals surface area (Å²) in [6.45, 7) is 3.10. The zero-order valence-electron chi connectivity index (χ0n) is 12.6. The van der Waals surface area contributed by atoms with Gasteiger partial charge in [0.1, 0.15) is 11.5 Å². The Labute approximate surface area is 130 Å². The summed E-state index contributed by atoms with van der Waals surface area (Å²) in [7, 11) is 0. The molecule has 0 heterocycles. The second kappa shape index (κ2) is 7.61. The number of carbonyl (C=O) groups excluding carboxylic acids is 1. The van der Waals surface area contributed by atoms with E-state index in [1.54, 1.807) is 30.3 Å². The summed E-state index contributed by atoms with van der Waals surface area (Å²) in [5, 5.41) is 21.8. The maximum atomic E-state index is 11.9. The minimum Gasteiger partial charge on any atom is -0.508 e. The Morgan fingerprint density at radius 1 is 1.09 bits per heavy atom. The number of rotatable bonds is 7. The minimum absolute atomic E-state index is 0.0341. The Balaban J connectivity index is 1.75. The van der Waals surface area contributed by atoms with Gasteiger partial charge in [0.25, 0.3) is 0 Å². The number of hydrogen-bond acceptors (Lipinski definition) is 4. The van der Waals surface area contributed by atoms with E-state index >= 15 is 0 Å². The molecule has 2 aromatic carbocycles. The van der Waals surface area contributed by atoms with E-state index in [1.807, 2.05) is 12.1 Å². The van der Waals surface area contributed by atoms with Crippen molar-refractivity contribution in [3.63, 3.8) is 0 Å². The molecule has 116 valence electrons. The summed E-state index contributed by atoms with van der Waals surface area (Å²) in [6.07, 6.45) is 0.901. The molecule has 1 atom stereocenters. The van der Waals surface area contributed by atoms with Crippen molar-refractivity contribution in [1.82, 2.24) is 5.32 Å². The summed E-state index contributed by atoms with van der Waals surface area (Å²) in [4.78, 5) is 11.9. The van der Waals surface area contributed by atoms with Gasteiger partial charge in [-0.3, -0.25) is 4.79 Å². The Hall–Kier alpha value is -2.33. The highest BCUT2D eigenvalue weighted by atomic mass is 16.3. The molecule has 0 fully saturated rings. The molecule has 0 aromatic heterocycles. The van der Waals surface area contributed by atoms with Gasteiger partial charge in [-0.05, 0) is 48.7 Å². The van der Waals surface area contributed by atoms with Crippen LogP contribution in [-0.4, -0.2) is 29.1 Å². The van der Waals surface area contributed by atoms with Gasteiger partial charge in [-0.15, -0.1) is 0 Å². The fourth-order valence-corrected chi connectivity index (χ4v) is 2.27. The van der Waals surface area contributed by atoms with Gasteiger partial charge in [-0.1, -0.05) is 31.2 Å². The Morgan fingerprint density at radius 3 is 2.50 bits per heavy atom. The number of Topliss-reactive ketones (excluding diaryl/α,β-unsaturated/α-hetero) is 1. The van der Waals surface area contributed by atoms with Crippen molar-refractivity contribution >= 4 is 5.78 Å². The lowest BCUT2D eigenvalue weighted by atomic mass is 9.98. The number of phenolic OH excluding ortho intramolecular Hbond substituents is 2. The average molecular weight is 299 g/mol. The normalized spacial score (nSPS) is 12.0. The van der Waals surface area contributed by atoms with Crippen LogP contribution < -0.4 is 5.32 Å². The summed E-state index contributed by atoms with van der Waals surface area (Å²) in [6, 6.07) is 13.6. The highest BCUT2D eigenvalue weighted by Crippen LogP contribution is 2.20. The second-order valence-corrected chi connectivity index (χ2v) is 5.43. The molecule has 0 bridgehead atoms. The molecule has 0 aliphatic rings. The van der Waals surface area contributed by atoms with Crippen molar-refractivity contribution in [2.75, 3.05) is 13.1 Å². The lowest BCUT2D eigenvalue weighted by Crippen LogP contribution is -2.24. The van der Waals surface area contributed by atoms with Crippen molar-refractivity contribution in [1.29, 1.82) is 0 Å². The van der Waals surface area contributed by atoms with E-state index in [9.17, 15) is 15.0 Å². The average Bonchev–Trinajstić information content (AvgIpc) is 2.51. The summed E-state index contributed by atoms with van der Waals surface area (Å²) in [5.74, 6) is 0.690. The van der Waals surface area contributed by atoms with Gasteiger partial charge >= 0.3 is 0 Å². The lowest BCUT2D eigenvalue weighted by molar-refractivity contribution is 0.0990. The number of nitrogens with one attached hydrogen (secondary N) is 1. The second-order valence-electron chi connectivity index (χ2n) is 5.43. The molecule has 0 saturated heterocycles. The first-order valence-electron chi connectivity index (χ1n) is 7.38. The molecule has 0 amide bonds. The predicted molar refractivity (Wildman–Crippen MR) is 86.4 cm³/mol. The molecular weight excluding hydrogens is 278 g/mol. The van der Waals surface area contributed by atoms with Crippen LogP contribution in [0.1, 0.15) is 35.2 Å². The third kappa shape index (κ3) is 4.60. The van der Waals surface area contributed by atoms with Crippen LogP contribution >= 0.6 is 0 Å². The van der Waals surface area contributed by atoms with Gasteiger partial charge in [0.2, 0.25) is 0 Å². The molecular formula is C18H21NO3. The molecule has 2 aromatic rings. The first-order valence-corrected chi connectivity index (χ1v) is 7.38. The van der Waals surface area contributed by atoms with Gasteiger partial charge in [0, 0.05) is 5.56 Å². The number of hydrogen-bond donors (Lipinski definition) is 3. The maximum Gasteiger partial charge on any atom is 0.176 e. The van der Waals surface area contributed by atoms with Crippen molar-refractivity contribution in [2.24, 2.45) is 0 Å². The predicted octanol–water partition coefficient (Wildman–Crippen LogP) is 3.06. The van der Waals surface area contributed by atoms with Gasteiger partial charge in [0.05, 0.1) is 6.54 Å². The van der Waals surface area contributed by atoms with E-state index in [4.69, 9.17) is 0 Å². The zero-order chi connectivity index (χ0) is 15.9. The molecule has 0 aliphatic heterocycles. The SMILES string of the molecule is C[C@H](CCNCC(=O)c1cccc(O)c1)c1ccc(O)cc1. The third-order valence-electron chi connectivity index (χ3n) is 3.67. The van der Waals surface area contributed by atoms with Crippen LogP contribution in [0.25, 0.3) is 0 Å². The molecule has 2 rings (SSSR count). The van der Waals surface area contributed by atoms with E-state index in [0.29, 0.717) is 11.5 Å². The monoisotopic (exact) mass is 299 g/mol. The smallest absolute Gasteiger partial charge is 0.176 e. The highest BCUT2D eigenvalue weighted by molar-refractivity contribution is 5.97. The first kappa shape index (κ1) is 16.0. The zero-order valence-corrected chi connectivity index (χ0v) is 12.6. The van der Waals surface area contributed by atoms with Gasteiger partial charge in [-0.2, -0.15) is 0 Å². The summed E-state index contributed by atoms with van der Waals surface area (Å²) in [5.41, 5.74) is 1.68. The van der Waals surface area contributed by atoms with Crippen molar-refractivity contribution in [3.05, 3.63) is 59.7 Å². The number of ketones is 1. The van der Waals surface area contributed by atoms with E-state index in [-0.39, 0.29) is 23.8 Å². The van der Waals surface area contributed by atoms with Crippen LogP contribution in [0.15, 0.2) is 48.5 Å². The van der Waals surface area contributed by atoms with Crippen LogP contribution in [0.2, 0.25) is 0 Å². The van der Waals surface area contributed by atoms with Crippen LogP contribution in [0, 0.1) is 0 Å². The van der Waals surface area contributed by atoms with Crippen LogP contribution in [0.3, 0.4) is 0 Å². The third-order valence-corrected chi connectivity index (χ3v) is 3.67. The molecule has 0 saturated carbocycles. The van der Waals surface area contributed by atoms with E-state index in [1.165, 1.54) is 11.6 Å². The Morgan fingerprint density at radius 2 is 1.82 bits per heavy atom. The Bertz CT molecular complexity index is 622. The van der Waals surface area contributed by atoms with Crippen LogP contribution in [-0.2, 0) is 0 Å². The summed E-state index contributed by atoms with van der Waals surface area (Å²) < 4.78 is 0. The fraction of sp³-hybridized carbons (Fsp3) is 0.278. The molecule has 0 unspecified atom stereocenters. The largest absolute Gasteiger partial charge is 0.508 e. The standard InChI is InChI=1S/C18H21NO3/c1-13(14-5-7-16(20)8-6-14)9-10-19-12-18(22)15-3-2-4-17(21)11-15/h2-8,11,13,19-21H,9-10,12H2,1H3/t13-/m1/s1. The Kier molecular flexibility index (Phi) is 5.55. The van der Waals surface area contributed by atoms with Gasteiger partial charge in [0.15, 0.2) is 5.78 Å². The molecule has 0 spiro atoms. The lowest BCUT2D eigenvalue weighted by Gasteiger charge is -2.12. The van der Waals surface area contributed by atoms with Crippen molar-refractivity contribution in [3.8, 4) is 11.5 Å². The number of aromatic hydroxyl groups is 2. The van der Waals surface area contributed by atoms with E-state index < -0.39 is 0 Å². The quantitative estimate of drug-likeness (QED) is 0.543.